The van der Waals surface area contributed by atoms with Gasteiger partial charge in [-0.25, -0.2) is 8.42 Å². The fraction of sp³-hybridized carbons (Fsp3) is 0.208. The van der Waals surface area contributed by atoms with E-state index in [4.69, 9.17) is 16.3 Å². The summed E-state index contributed by atoms with van der Waals surface area (Å²) in [6.45, 7) is 3.86. The fourth-order valence-corrected chi connectivity index (χ4v) is 4.25. The summed E-state index contributed by atoms with van der Waals surface area (Å²) in [7, 11) is -3.54. The lowest BCUT2D eigenvalue weighted by molar-refractivity contribution is -0.118. The molecule has 0 bridgehead atoms. The predicted molar refractivity (Wildman–Crippen MR) is 129 cm³/mol. The molecule has 0 fully saturated rings. The van der Waals surface area contributed by atoms with Gasteiger partial charge in [-0.2, -0.15) is 0 Å². The second-order valence-corrected chi connectivity index (χ2v) is 9.82. The van der Waals surface area contributed by atoms with Crippen LogP contribution in [0.3, 0.4) is 0 Å². The molecule has 32 heavy (non-hydrogen) atoms. The third-order valence-electron chi connectivity index (χ3n) is 4.82. The van der Waals surface area contributed by atoms with E-state index in [-0.39, 0.29) is 19.1 Å². The SMILES string of the molecule is Cc1ccc(NC(=O)COc2ccc(N(Cc3ccccc3Cl)S(C)(=O)=O)cc2)c(C)c1. The Bertz CT molecular complexity index is 1210. The fourth-order valence-electron chi connectivity index (χ4n) is 3.18. The average molecular weight is 473 g/mol. The number of ether oxygens (including phenoxy) is 1. The number of hydrogen-bond donors (Lipinski definition) is 1. The van der Waals surface area contributed by atoms with Gasteiger partial charge in [-0.1, -0.05) is 47.5 Å². The Morgan fingerprint density at radius 3 is 2.34 bits per heavy atom. The monoisotopic (exact) mass is 472 g/mol. The standard InChI is InChI=1S/C24H25ClN2O4S/c1-17-8-13-23(18(2)14-17)26-24(28)16-31-21-11-9-20(10-12-21)27(32(3,29)30)15-19-6-4-5-7-22(19)25/h4-14H,15-16H2,1-3H3,(H,26,28). The molecule has 3 aromatic carbocycles. The summed E-state index contributed by atoms with van der Waals surface area (Å²) < 4.78 is 31.6. The molecular formula is C24H25ClN2O4S. The highest BCUT2D eigenvalue weighted by atomic mass is 35.5. The molecule has 1 N–H and O–H groups in total. The quantitative estimate of drug-likeness (QED) is 0.503. The Kier molecular flexibility index (Phi) is 7.43. The summed E-state index contributed by atoms with van der Waals surface area (Å²) >= 11 is 6.20. The summed E-state index contributed by atoms with van der Waals surface area (Å²) in [5.74, 6) is 0.174. The normalized spacial score (nSPS) is 11.1. The first-order valence-corrected chi connectivity index (χ1v) is 12.2. The number of rotatable bonds is 8. The number of aryl methyl sites for hydroxylation is 2. The summed E-state index contributed by atoms with van der Waals surface area (Å²) in [4.78, 5) is 12.2. The van der Waals surface area contributed by atoms with E-state index in [0.717, 1.165) is 23.1 Å². The van der Waals surface area contributed by atoms with Gasteiger partial charge >= 0.3 is 0 Å². The number of halogens is 1. The van der Waals surface area contributed by atoms with Crippen LogP contribution in [-0.2, 0) is 21.4 Å². The number of anilines is 2. The van der Waals surface area contributed by atoms with Crippen LogP contribution < -0.4 is 14.4 Å². The maximum absolute atomic E-state index is 12.4. The summed E-state index contributed by atoms with van der Waals surface area (Å²) in [5, 5.41) is 3.32. The number of benzene rings is 3. The van der Waals surface area contributed by atoms with Gasteiger partial charge < -0.3 is 10.1 Å². The summed E-state index contributed by atoms with van der Waals surface area (Å²) in [5.41, 5.74) is 4.00. The van der Waals surface area contributed by atoms with Crippen molar-refractivity contribution in [1.29, 1.82) is 0 Å². The van der Waals surface area contributed by atoms with Gasteiger partial charge in [0.25, 0.3) is 5.91 Å². The van der Waals surface area contributed by atoms with Crippen molar-refractivity contribution in [1.82, 2.24) is 0 Å². The minimum absolute atomic E-state index is 0.108. The first-order valence-electron chi connectivity index (χ1n) is 9.94. The Morgan fingerprint density at radius 2 is 1.72 bits per heavy atom. The third-order valence-corrected chi connectivity index (χ3v) is 6.33. The lowest BCUT2D eigenvalue weighted by Gasteiger charge is -2.23. The van der Waals surface area contributed by atoms with Crippen molar-refractivity contribution < 1.29 is 17.9 Å². The van der Waals surface area contributed by atoms with Gasteiger partial charge in [0, 0.05) is 10.7 Å². The van der Waals surface area contributed by atoms with Crippen molar-refractivity contribution in [2.75, 3.05) is 22.5 Å². The van der Waals surface area contributed by atoms with Crippen molar-refractivity contribution in [2.24, 2.45) is 0 Å². The minimum Gasteiger partial charge on any atom is -0.484 e. The highest BCUT2D eigenvalue weighted by molar-refractivity contribution is 7.92. The number of carbonyl (C=O) groups is 1. The average Bonchev–Trinajstić information content (AvgIpc) is 2.73. The molecule has 6 nitrogen and oxygen atoms in total. The van der Waals surface area contributed by atoms with Crippen LogP contribution >= 0.6 is 11.6 Å². The largest absolute Gasteiger partial charge is 0.484 e. The predicted octanol–water partition coefficient (Wildman–Crippen LogP) is 4.94. The second kappa shape index (κ2) is 10.1. The highest BCUT2D eigenvalue weighted by Gasteiger charge is 2.19. The van der Waals surface area contributed by atoms with Gasteiger partial charge in [-0.3, -0.25) is 9.10 Å². The Morgan fingerprint density at radius 1 is 1.03 bits per heavy atom. The van der Waals surface area contributed by atoms with E-state index in [1.807, 2.05) is 38.1 Å². The number of hydrogen-bond acceptors (Lipinski definition) is 4. The van der Waals surface area contributed by atoms with Crippen LogP contribution in [0.5, 0.6) is 5.75 Å². The van der Waals surface area contributed by atoms with Gasteiger partial charge in [-0.05, 0) is 61.4 Å². The first kappa shape index (κ1) is 23.6. The molecule has 3 rings (SSSR count). The first-order chi connectivity index (χ1) is 15.1. The zero-order valence-electron chi connectivity index (χ0n) is 18.1. The van der Waals surface area contributed by atoms with Crippen LogP contribution in [0.1, 0.15) is 16.7 Å². The van der Waals surface area contributed by atoms with Gasteiger partial charge in [0.1, 0.15) is 5.75 Å². The zero-order chi connectivity index (χ0) is 23.3. The molecule has 1 amide bonds. The molecule has 0 aliphatic rings. The molecular weight excluding hydrogens is 448 g/mol. The summed E-state index contributed by atoms with van der Waals surface area (Å²) in [6, 6.07) is 19.4. The van der Waals surface area contributed by atoms with E-state index in [1.54, 1.807) is 42.5 Å². The molecule has 0 aliphatic carbocycles. The van der Waals surface area contributed by atoms with Crippen molar-refractivity contribution in [3.05, 3.63) is 88.4 Å². The van der Waals surface area contributed by atoms with Crippen LogP contribution in [0.2, 0.25) is 5.02 Å². The topological polar surface area (TPSA) is 75.7 Å². The van der Waals surface area contributed by atoms with Gasteiger partial charge in [0.15, 0.2) is 6.61 Å². The van der Waals surface area contributed by atoms with Crippen molar-refractivity contribution in [2.45, 2.75) is 20.4 Å². The van der Waals surface area contributed by atoms with Crippen LogP contribution in [0.15, 0.2) is 66.7 Å². The van der Waals surface area contributed by atoms with E-state index in [1.165, 1.54) is 4.31 Å². The molecule has 0 radical (unpaired) electrons. The zero-order valence-corrected chi connectivity index (χ0v) is 19.7. The number of sulfonamides is 1. The molecule has 8 heteroatoms. The number of nitrogens with zero attached hydrogens (tertiary/aromatic N) is 1. The molecule has 0 aliphatic heterocycles. The maximum Gasteiger partial charge on any atom is 0.262 e. The number of nitrogens with one attached hydrogen (secondary N) is 1. The minimum atomic E-state index is -3.54. The lowest BCUT2D eigenvalue weighted by atomic mass is 10.1. The van der Waals surface area contributed by atoms with E-state index in [9.17, 15) is 13.2 Å². The Labute approximate surface area is 193 Å². The van der Waals surface area contributed by atoms with Gasteiger partial charge in [0.2, 0.25) is 10.0 Å². The van der Waals surface area contributed by atoms with Gasteiger partial charge in [0.05, 0.1) is 18.5 Å². The van der Waals surface area contributed by atoms with E-state index in [2.05, 4.69) is 5.32 Å². The summed E-state index contributed by atoms with van der Waals surface area (Å²) in [6.07, 6.45) is 1.14. The molecule has 0 saturated heterocycles. The van der Waals surface area contributed by atoms with Crippen LogP contribution in [0.4, 0.5) is 11.4 Å². The molecule has 0 unspecified atom stereocenters. The third kappa shape index (κ3) is 6.24. The van der Waals surface area contributed by atoms with E-state index >= 15 is 0 Å². The van der Waals surface area contributed by atoms with Crippen molar-refractivity contribution in [3.63, 3.8) is 0 Å². The molecule has 0 heterocycles. The lowest BCUT2D eigenvalue weighted by Crippen LogP contribution is -2.29. The Balaban J connectivity index is 1.66. The molecule has 168 valence electrons. The van der Waals surface area contributed by atoms with Gasteiger partial charge in [-0.15, -0.1) is 0 Å². The second-order valence-electron chi connectivity index (χ2n) is 7.51. The van der Waals surface area contributed by atoms with Crippen LogP contribution in [0.25, 0.3) is 0 Å². The molecule has 3 aromatic rings. The maximum atomic E-state index is 12.4. The van der Waals surface area contributed by atoms with Crippen molar-refractivity contribution >= 4 is 38.9 Å². The smallest absolute Gasteiger partial charge is 0.262 e. The van der Waals surface area contributed by atoms with Crippen LogP contribution in [-0.4, -0.2) is 27.2 Å². The van der Waals surface area contributed by atoms with E-state index < -0.39 is 10.0 Å². The van der Waals surface area contributed by atoms with E-state index in [0.29, 0.717) is 22.0 Å². The van der Waals surface area contributed by atoms with Crippen LogP contribution in [0, 0.1) is 13.8 Å². The molecule has 0 saturated carbocycles. The number of carbonyl (C=O) groups excluding carboxylic acids is 1. The highest BCUT2D eigenvalue weighted by Crippen LogP contribution is 2.26. The molecule has 0 atom stereocenters. The number of amides is 1. The molecule has 0 aromatic heterocycles. The molecule has 0 spiro atoms. The van der Waals surface area contributed by atoms with Crippen molar-refractivity contribution in [3.8, 4) is 5.75 Å². The Hall–Kier alpha value is -3.03.